The van der Waals surface area contributed by atoms with E-state index < -0.39 is 22.5 Å². The van der Waals surface area contributed by atoms with Gasteiger partial charge in [0.25, 0.3) is 10.0 Å². The minimum absolute atomic E-state index is 0.0902. The summed E-state index contributed by atoms with van der Waals surface area (Å²) in [5, 5.41) is 2.77. The zero-order chi connectivity index (χ0) is 24.7. The maximum absolute atomic E-state index is 13.4. The second-order valence-electron chi connectivity index (χ2n) is 7.11. The largest absolute Gasteiger partial charge is 0.493 e. The standard InChI is InChI=1S/C24H25BrN2O6S/c1-31-21-12-17(13-22(32-2)24(21)33-3)15-26-23(28)16-27(19-9-7-8-18(25)14-19)34(29,30)20-10-5-4-6-11-20/h4-14H,15-16H2,1-3H3,(H,26,28). The van der Waals surface area contributed by atoms with Crippen LogP contribution in [0.15, 0.2) is 76.1 Å². The molecule has 0 spiro atoms. The first-order chi connectivity index (χ1) is 16.3. The van der Waals surface area contributed by atoms with Gasteiger partial charge in [-0.3, -0.25) is 9.10 Å². The number of anilines is 1. The molecule has 0 aliphatic rings. The molecule has 0 aliphatic carbocycles. The Morgan fingerprint density at radius 1 is 0.912 bits per heavy atom. The van der Waals surface area contributed by atoms with Crippen LogP contribution < -0.4 is 23.8 Å². The van der Waals surface area contributed by atoms with Gasteiger partial charge in [0.15, 0.2) is 11.5 Å². The van der Waals surface area contributed by atoms with E-state index >= 15 is 0 Å². The van der Waals surface area contributed by atoms with E-state index in [4.69, 9.17) is 14.2 Å². The highest BCUT2D eigenvalue weighted by Gasteiger charge is 2.27. The molecule has 0 aliphatic heterocycles. The number of carbonyl (C=O) groups is 1. The maximum Gasteiger partial charge on any atom is 0.264 e. The third-order valence-corrected chi connectivity index (χ3v) is 7.21. The lowest BCUT2D eigenvalue weighted by Gasteiger charge is -2.24. The van der Waals surface area contributed by atoms with E-state index in [-0.39, 0.29) is 11.4 Å². The van der Waals surface area contributed by atoms with Crippen molar-refractivity contribution in [2.24, 2.45) is 0 Å². The Balaban J connectivity index is 1.84. The predicted octanol–water partition coefficient (Wildman–Crippen LogP) is 3.99. The van der Waals surface area contributed by atoms with Crippen molar-refractivity contribution in [3.63, 3.8) is 0 Å². The fourth-order valence-corrected chi connectivity index (χ4v) is 5.11. The van der Waals surface area contributed by atoms with Gasteiger partial charge in [-0.1, -0.05) is 40.2 Å². The maximum atomic E-state index is 13.4. The highest BCUT2D eigenvalue weighted by Crippen LogP contribution is 2.38. The molecule has 0 radical (unpaired) electrons. The molecule has 8 nitrogen and oxygen atoms in total. The van der Waals surface area contributed by atoms with Crippen LogP contribution >= 0.6 is 15.9 Å². The van der Waals surface area contributed by atoms with Gasteiger partial charge in [0.1, 0.15) is 6.54 Å². The number of benzene rings is 3. The number of amides is 1. The van der Waals surface area contributed by atoms with Crippen molar-refractivity contribution in [3.05, 3.63) is 76.8 Å². The molecule has 180 valence electrons. The minimum Gasteiger partial charge on any atom is -0.493 e. The van der Waals surface area contributed by atoms with Gasteiger partial charge in [0.05, 0.1) is 31.9 Å². The third-order valence-electron chi connectivity index (χ3n) is 4.93. The van der Waals surface area contributed by atoms with Crippen molar-refractivity contribution in [1.29, 1.82) is 0 Å². The quantitative estimate of drug-likeness (QED) is 0.411. The monoisotopic (exact) mass is 548 g/mol. The van der Waals surface area contributed by atoms with Gasteiger partial charge >= 0.3 is 0 Å². The molecule has 0 atom stereocenters. The highest BCUT2D eigenvalue weighted by atomic mass is 79.9. The van der Waals surface area contributed by atoms with Crippen molar-refractivity contribution in [2.75, 3.05) is 32.2 Å². The number of methoxy groups -OCH3 is 3. The zero-order valence-corrected chi connectivity index (χ0v) is 21.4. The molecule has 0 bridgehead atoms. The number of halogens is 1. The summed E-state index contributed by atoms with van der Waals surface area (Å²) in [5.41, 5.74) is 1.06. The van der Waals surface area contributed by atoms with Crippen molar-refractivity contribution in [1.82, 2.24) is 5.32 Å². The van der Waals surface area contributed by atoms with Gasteiger partial charge in [0, 0.05) is 11.0 Å². The molecule has 10 heteroatoms. The second kappa shape index (κ2) is 11.3. The molecule has 3 aromatic carbocycles. The normalized spacial score (nSPS) is 10.9. The topological polar surface area (TPSA) is 94.2 Å². The van der Waals surface area contributed by atoms with E-state index in [1.54, 1.807) is 54.6 Å². The van der Waals surface area contributed by atoms with Gasteiger partial charge < -0.3 is 19.5 Å². The number of rotatable bonds is 10. The van der Waals surface area contributed by atoms with Crippen LogP contribution in [0, 0.1) is 0 Å². The number of sulfonamides is 1. The van der Waals surface area contributed by atoms with E-state index in [0.29, 0.717) is 33.0 Å². The minimum atomic E-state index is -3.98. The highest BCUT2D eigenvalue weighted by molar-refractivity contribution is 9.10. The first-order valence-corrected chi connectivity index (χ1v) is 12.4. The molecule has 1 N–H and O–H groups in total. The molecule has 1 amide bonds. The van der Waals surface area contributed by atoms with Gasteiger partial charge in [-0.25, -0.2) is 8.42 Å². The third kappa shape index (κ3) is 5.81. The van der Waals surface area contributed by atoms with Crippen LogP contribution in [0.25, 0.3) is 0 Å². The van der Waals surface area contributed by atoms with Gasteiger partial charge in [-0.2, -0.15) is 0 Å². The van der Waals surface area contributed by atoms with E-state index in [9.17, 15) is 13.2 Å². The smallest absolute Gasteiger partial charge is 0.264 e. The fourth-order valence-electron chi connectivity index (χ4n) is 3.29. The molecule has 0 heterocycles. The van der Waals surface area contributed by atoms with Crippen molar-refractivity contribution in [2.45, 2.75) is 11.4 Å². The van der Waals surface area contributed by atoms with Crippen LogP contribution in [0.2, 0.25) is 0 Å². The van der Waals surface area contributed by atoms with Gasteiger partial charge in [-0.05, 0) is 48.0 Å². The summed E-state index contributed by atoms with van der Waals surface area (Å²) >= 11 is 3.36. The SMILES string of the molecule is COc1cc(CNC(=O)CN(c2cccc(Br)c2)S(=O)(=O)c2ccccc2)cc(OC)c1OC. The van der Waals surface area contributed by atoms with Crippen LogP contribution in [0.3, 0.4) is 0 Å². The van der Waals surface area contributed by atoms with Crippen molar-refractivity contribution < 1.29 is 27.4 Å². The Hall–Kier alpha value is -3.24. The van der Waals surface area contributed by atoms with Crippen LogP contribution in [0.1, 0.15) is 5.56 Å². The van der Waals surface area contributed by atoms with Gasteiger partial charge in [-0.15, -0.1) is 0 Å². The number of nitrogens with one attached hydrogen (secondary N) is 1. The summed E-state index contributed by atoms with van der Waals surface area (Å²) in [4.78, 5) is 13.0. The Labute approximate surface area is 207 Å². The predicted molar refractivity (Wildman–Crippen MR) is 133 cm³/mol. The number of hydrogen-bond donors (Lipinski definition) is 1. The average Bonchev–Trinajstić information content (AvgIpc) is 2.85. The molecule has 34 heavy (non-hydrogen) atoms. The molecule has 0 unspecified atom stereocenters. The first kappa shape index (κ1) is 25.4. The van der Waals surface area contributed by atoms with Crippen molar-refractivity contribution >= 4 is 37.5 Å². The van der Waals surface area contributed by atoms with Crippen LogP contribution in [-0.2, 0) is 21.4 Å². The lowest BCUT2D eigenvalue weighted by Crippen LogP contribution is -2.40. The first-order valence-electron chi connectivity index (χ1n) is 10.2. The number of ether oxygens (including phenoxy) is 3. The Kier molecular flexibility index (Phi) is 8.41. The lowest BCUT2D eigenvalue weighted by atomic mass is 10.1. The molecular weight excluding hydrogens is 524 g/mol. The lowest BCUT2D eigenvalue weighted by molar-refractivity contribution is -0.119. The summed E-state index contributed by atoms with van der Waals surface area (Å²) in [6.45, 7) is -0.272. The van der Waals surface area contributed by atoms with Crippen molar-refractivity contribution in [3.8, 4) is 17.2 Å². The second-order valence-corrected chi connectivity index (χ2v) is 9.89. The molecule has 3 aromatic rings. The molecule has 0 fully saturated rings. The molecule has 0 saturated heterocycles. The summed E-state index contributed by atoms with van der Waals surface area (Å²) in [6.07, 6.45) is 0. The summed E-state index contributed by atoms with van der Waals surface area (Å²) in [7, 11) is 0.529. The van der Waals surface area contributed by atoms with Crippen LogP contribution in [0.4, 0.5) is 5.69 Å². The van der Waals surface area contributed by atoms with Gasteiger partial charge in [0.2, 0.25) is 11.7 Å². The fraction of sp³-hybridized carbons (Fsp3) is 0.208. The Bertz CT molecular complexity index is 1230. The van der Waals surface area contributed by atoms with E-state index in [0.717, 1.165) is 4.31 Å². The number of hydrogen-bond acceptors (Lipinski definition) is 6. The van der Waals surface area contributed by atoms with Crippen LogP contribution in [0.5, 0.6) is 17.2 Å². The van der Waals surface area contributed by atoms with Crippen LogP contribution in [-0.4, -0.2) is 42.2 Å². The summed E-state index contributed by atoms with van der Waals surface area (Å²) in [5.74, 6) is 0.866. The Morgan fingerprint density at radius 3 is 2.12 bits per heavy atom. The summed E-state index contributed by atoms with van der Waals surface area (Å²) < 4.78 is 44.5. The number of carbonyl (C=O) groups excluding carboxylic acids is 1. The van der Waals surface area contributed by atoms with E-state index in [2.05, 4.69) is 21.2 Å². The molecule has 3 rings (SSSR count). The molecular formula is C24H25BrN2O6S. The Morgan fingerprint density at radius 2 is 1.56 bits per heavy atom. The summed E-state index contributed by atoms with van der Waals surface area (Å²) in [6, 6.07) is 18.2. The molecule has 0 saturated carbocycles. The average molecular weight is 549 g/mol. The number of nitrogens with zero attached hydrogens (tertiary/aromatic N) is 1. The molecule has 0 aromatic heterocycles. The zero-order valence-electron chi connectivity index (χ0n) is 18.9. The van der Waals surface area contributed by atoms with E-state index in [1.807, 2.05) is 0 Å². The van der Waals surface area contributed by atoms with E-state index in [1.165, 1.54) is 33.5 Å².